The highest BCUT2D eigenvalue weighted by Gasteiger charge is 2.08. The average Bonchev–Trinajstić information content (AvgIpc) is 2.08. The Morgan fingerprint density at radius 2 is 1.73 bits per heavy atom. The van der Waals surface area contributed by atoms with Crippen LogP contribution in [0.1, 0.15) is 0 Å². The molecule has 0 spiro atoms. The predicted octanol–water partition coefficient (Wildman–Crippen LogP) is 2.56. The van der Waals surface area contributed by atoms with Crippen LogP contribution >= 0.6 is 15.9 Å². The van der Waals surface area contributed by atoms with Crippen LogP contribution in [-0.2, 0) is 0 Å². The van der Waals surface area contributed by atoms with Crippen LogP contribution in [0.3, 0.4) is 0 Å². The monoisotopic (exact) mass is 276 g/mol. The van der Waals surface area contributed by atoms with Gasteiger partial charge >= 0.3 is 12.3 Å². The van der Waals surface area contributed by atoms with Crippen LogP contribution in [0.25, 0.3) is 0 Å². The first-order valence-electron chi connectivity index (χ1n) is 3.60. The quantitative estimate of drug-likeness (QED) is 0.637. The summed E-state index contributed by atoms with van der Waals surface area (Å²) in [5, 5.41) is 16.6. The average molecular weight is 277 g/mol. The number of carboxylic acid groups (broad SMARTS) is 2. The van der Waals surface area contributed by atoms with E-state index < -0.39 is 12.3 Å². The summed E-state index contributed by atoms with van der Waals surface area (Å²) in [5.41, 5.74) is 0. The molecule has 0 unspecified atom stereocenters. The summed E-state index contributed by atoms with van der Waals surface area (Å²) in [6.07, 6.45) is -2.91. The van der Waals surface area contributed by atoms with Gasteiger partial charge in [0.2, 0.25) is 0 Å². The molecular formula is C8H5BrO6. The Morgan fingerprint density at radius 1 is 1.13 bits per heavy atom. The molecule has 0 aliphatic rings. The molecule has 0 fully saturated rings. The van der Waals surface area contributed by atoms with E-state index in [1.807, 2.05) is 0 Å². The van der Waals surface area contributed by atoms with Gasteiger partial charge in [0, 0.05) is 0 Å². The largest absolute Gasteiger partial charge is 0.511 e. The maximum absolute atomic E-state index is 10.2. The van der Waals surface area contributed by atoms with Crippen LogP contribution in [0.2, 0.25) is 0 Å². The third kappa shape index (κ3) is 3.47. The lowest BCUT2D eigenvalue weighted by molar-refractivity contribution is 0.141. The van der Waals surface area contributed by atoms with Crippen molar-refractivity contribution in [3.05, 3.63) is 22.7 Å². The molecule has 0 radical (unpaired) electrons. The fourth-order valence-corrected chi connectivity index (χ4v) is 1.26. The van der Waals surface area contributed by atoms with E-state index in [4.69, 9.17) is 10.2 Å². The van der Waals surface area contributed by atoms with Gasteiger partial charge in [0.1, 0.15) is 11.5 Å². The molecule has 1 aromatic carbocycles. The van der Waals surface area contributed by atoms with Crippen molar-refractivity contribution in [1.82, 2.24) is 0 Å². The first-order valence-corrected chi connectivity index (χ1v) is 4.39. The Bertz CT molecular complexity index is 402. The second-order valence-electron chi connectivity index (χ2n) is 2.33. The highest BCUT2D eigenvalue weighted by molar-refractivity contribution is 9.10. The van der Waals surface area contributed by atoms with E-state index in [2.05, 4.69) is 25.4 Å². The minimum atomic E-state index is -1.46. The molecule has 7 heteroatoms. The van der Waals surface area contributed by atoms with Gasteiger partial charge in [-0.1, -0.05) is 0 Å². The molecule has 0 heterocycles. The van der Waals surface area contributed by atoms with Gasteiger partial charge < -0.3 is 19.7 Å². The molecule has 0 aromatic heterocycles. The summed E-state index contributed by atoms with van der Waals surface area (Å²) in [6.45, 7) is 0. The van der Waals surface area contributed by atoms with Crippen molar-refractivity contribution in [3.8, 4) is 11.5 Å². The molecule has 2 N–H and O–H groups in total. The first kappa shape index (κ1) is 11.3. The number of hydrogen-bond donors (Lipinski definition) is 2. The van der Waals surface area contributed by atoms with Crippen LogP contribution in [0, 0.1) is 0 Å². The molecule has 0 bridgehead atoms. The highest BCUT2D eigenvalue weighted by atomic mass is 79.9. The first-order chi connectivity index (χ1) is 6.99. The predicted molar refractivity (Wildman–Crippen MR) is 51.4 cm³/mol. The van der Waals surface area contributed by atoms with Crippen molar-refractivity contribution in [2.75, 3.05) is 0 Å². The van der Waals surface area contributed by atoms with E-state index in [0.29, 0.717) is 0 Å². The molecule has 6 nitrogen and oxygen atoms in total. The van der Waals surface area contributed by atoms with E-state index in [0.717, 1.165) is 0 Å². The van der Waals surface area contributed by atoms with Gasteiger partial charge in [-0.2, -0.15) is 0 Å². The lowest BCUT2D eigenvalue weighted by Crippen LogP contribution is -2.05. The number of rotatable bonds is 2. The maximum Gasteiger partial charge on any atom is 0.511 e. The van der Waals surface area contributed by atoms with E-state index in [9.17, 15) is 9.59 Å². The fourth-order valence-electron chi connectivity index (χ4n) is 0.823. The van der Waals surface area contributed by atoms with Crippen LogP contribution < -0.4 is 9.47 Å². The molecule has 0 atom stereocenters. The lowest BCUT2D eigenvalue weighted by atomic mass is 10.3. The van der Waals surface area contributed by atoms with Gasteiger partial charge in [-0.05, 0) is 34.1 Å². The van der Waals surface area contributed by atoms with Gasteiger partial charge in [0.15, 0.2) is 0 Å². The fraction of sp³-hybridized carbons (Fsp3) is 0. The number of carbonyl (C=O) groups is 2. The zero-order valence-electron chi connectivity index (χ0n) is 7.14. The molecule has 0 amide bonds. The standard InChI is InChI=1S/C8H5BrO6/c9-5-3-4(14-7(10)11)1-2-6(5)15-8(12)13/h1-3H,(H,10,11)(H,12,13). The van der Waals surface area contributed by atoms with Crippen LogP contribution in [0.4, 0.5) is 9.59 Å². The summed E-state index contributed by atoms with van der Waals surface area (Å²) in [4.78, 5) is 20.4. The maximum atomic E-state index is 10.2. The van der Waals surface area contributed by atoms with Crippen molar-refractivity contribution in [2.45, 2.75) is 0 Å². The Hall–Kier alpha value is -1.76. The summed E-state index contributed by atoms with van der Waals surface area (Å²) in [7, 11) is 0. The zero-order valence-corrected chi connectivity index (χ0v) is 8.72. The van der Waals surface area contributed by atoms with E-state index in [1.54, 1.807) is 0 Å². The van der Waals surface area contributed by atoms with Gasteiger partial charge in [-0.25, -0.2) is 9.59 Å². The zero-order chi connectivity index (χ0) is 11.4. The van der Waals surface area contributed by atoms with Crippen molar-refractivity contribution in [3.63, 3.8) is 0 Å². The molecule has 80 valence electrons. The Labute approximate surface area is 92.2 Å². The van der Waals surface area contributed by atoms with E-state index in [-0.39, 0.29) is 16.0 Å². The van der Waals surface area contributed by atoms with Crippen LogP contribution in [-0.4, -0.2) is 22.5 Å². The summed E-state index contributed by atoms with van der Waals surface area (Å²) in [6, 6.07) is 3.83. The molecule has 15 heavy (non-hydrogen) atoms. The number of benzene rings is 1. The summed E-state index contributed by atoms with van der Waals surface area (Å²) < 4.78 is 8.99. The second-order valence-corrected chi connectivity index (χ2v) is 3.18. The number of halogens is 1. The Morgan fingerprint density at radius 3 is 2.20 bits per heavy atom. The Balaban J connectivity index is 2.87. The van der Waals surface area contributed by atoms with Crippen molar-refractivity contribution in [1.29, 1.82) is 0 Å². The normalized spacial score (nSPS) is 9.40. The molecule has 0 aliphatic carbocycles. The van der Waals surface area contributed by atoms with Crippen molar-refractivity contribution >= 4 is 28.2 Å². The van der Waals surface area contributed by atoms with Crippen molar-refractivity contribution in [2.24, 2.45) is 0 Å². The molecule has 0 saturated carbocycles. The topological polar surface area (TPSA) is 93.1 Å². The lowest BCUT2D eigenvalue weighted by Gasteiger charge is -2.04. The number of hydrogen-bond acceptors (Lipinski definition) is 4. The molecule has 0 aliphatic heterocycles. The molecular weight excluding hydrogens is 272 g/mol. The highest BCUT2D eigenvalue weighted by Crippen LogP contribution is 2.29. The van der Waals surface area contributed by atoms with Crippen molar-refractivity contribution < 1.29 is 29.3 Å². The third-order valence-electron chi connectivity index (χ3n) is 1.31. The van der Waals surface area contributed by atoms with Gasteiger partial charge in [0.05, 0.1) is 4.47 Å². The molecule has 0 saturated heterocycles. The van der Waals surface area contributed by atoms with Gasteiger partial charge in [-0.15, -0.1) is 0 Å². The van der Waals surface area contributed by atoms with Gasteiger partial charge in [0.25, 0.3) is 0 Å². The third-order valence-corrected chi connectivity index (χ3v) is 1.93. The van der Waals surface area contributed by atoms with Crippen LogP contribution in [0.5, 0.6) is 11.5 Å². The minimum Gasteiger partial charge on any atom is -0.449 e. The molecule has 1 aromatic rings. The summed E-state index contributed by atoms with van der Waals surface area (Å²) >= 11 is 3.00. The Kier molecular flexibility index (Phi) is 3.51. The summed E-state index contributed by atoms with van der Waals surface area (Å²) in [5.74, 6) is 0.118. The van der Waals surface area contributed by atoms with Crippen LogP contribution in [0.15, 0.2) is 22.7 Å². The minimum absolute atomic E-state index is 0.0558. The van der Waals surface area contributed by atoms with E-state index >= 15 is 0 Å². The molecule has 1 rings (SSSR count). The van der Waals surface area contributed by atoms with Gasteiger partial charge in [-0.3, -0.25) is 0 Å². The second kappa shape index (κ2) is 4.65. The van der Waals surface area contributed by atoms with E-state index in [1.165, 1.54) is 18.2 Å². The smallest absolute Gasteiger partial charge is 0.449 e. The number of ether oxygens (including phenoxy) is 2. The SMILES string of the molecule is O=C(O)Oc1ccc(OC(=O)O)c(Br)c1.